The highest BCUT2D eigenvalue weighted by atomic mass is 16.5. The zero-order valence-electron chi connectivity index (χ0n) is 24.0. The third-order valence-corrected chi connectivity index (χ3v) is 8.21. The maximum atomic E-state index is 6.51. The average Bonchev–Trinajstić information content (AvgIpc) is 3.04. The molecule has 206 valence electrons. The molecule has 0 radical (unpaired) electrons. The Morgan fingerprint density at radius 3 is 2.12 bits per heavy atom. The van der Waals surface area contributed by atoms with Crippen LogP contribution in [0.3, 0.4) is 0 Å². The Labute approximate surface area is 243 Å². The Bertz CT molecular complexity index is 1590. The molecule has 0 bridgehead atoms. The van der Waals surface area contributed by atoms with Crippen LogP contribution >= 0.6 is 0 Å². The number of para-hydroxylation sites is 2. The van der Waals surface area contributed by atoms with E-state index in [1.807, 2.05) is 42.7 Å². The summed E-state index contributed by atoms with van der Waals surface area (Å²) in [6.07, 6.45) is 10.5. The minimum absolute atomic E-state index is 0.166. The molecule has 3 heterocycles. The van der Waals surface area contributed by atoms with Gasteiger partial charge in [0, 0.05) is 29.1 Å². The average molecular weight is 540 g/mol. The summed E-state index contributed by atoms with van der Waals surface area (Å²) in [4.78, 5) is 11.9. The lowest BCUT2D eigenvalue weighted by molar-refractivity contribution is 0.395. The van der Waals surface area contributed by atoms with Gasteiger partial charge in [-0.3, -0.25) is 9.97 Å². The first kappa shape index (κ1) is 26.8. The maximum absolute atomic E-state index is 6.51. The summed E-state index contributed by atoms with van der Waals surface area (Å²) < 4.78 is 6.51. The van der Waals surface area contributed by atoms with Crippen molar-refractivity contribution in [3.05, 3.63) is 127 Å². The number of pyridine rings is 2. The van der Waals surface area contributed by atoms with Crippen LogP contribution in [0.1, 0.15) is 63.6 Å². The van der Waals surface area contributed by atoms with Crippen molar-refractivity contribution in [2.75, 3.05) is 4.90 Å². The lowest BCUT2D eigenvalue weighted by Crippen LogP contribution is -2.30. The van der Waals surface area contributed by atoms with Crippen molar-refractivity contribution in [3.8, 4) is 22.8 Å². The van der Waals surface area contributed by atoms with E-state index < -0.39 is 0 Å². The summed E-state index contributed by atoms with van der Waals surface area (Å²) in [5.74, 6) is 1.71. The van der Waals surface area contributed by atoms with Gasteiger partial charge in [0.2, 0.25) is 0 Å². The molecule has 2 aromatic heterocycles. The number of anilines is 3. The normalized spacial score (nSPS) is 12.4. The molecule has 0 aliphatic carbocycles. The largest absolute Gasteiger partial charge is 0.453 e. The van der Waals surface area contributed by atoms with Gasteiger partial charge < -0.3 is 9.64 Å². The third kappa shape index (κ3) is 5.22. The highest BCUT2D eigenvalue weighted by Crippen LogP contribution is 2.53. The molecule has 0 N–H and O–H groups in total. The molecular weight excluding hydrogens is 502 g/mol. The van der Waals surface area contributed by atoms with Gasteiger partial charge in [0.25, 0.3) is 0 Å². The van der Waals surface area contributed by atoms with Crippen molar-refractivity contribution in [2.45, 2.75) is 57.8 Å². The number of nitrogens with zero attached hydrogens (tertiary/aromatic N) is 3. The maximum Gasteiger partial charge on any atom is 0.151 e. The van der Waals surface area contributed by atoms with E-state index in [-0.39, 0.29) is 5.41 Å². The Hall–Kier alpha value is -4.44. The quantitative estimate of drug-likeness (QED) is 0.174. The number of aromatic nitrogens is 2. The Morgan fingerprint density at radius 2 is 1.39 bits per heavy atom. The summed E-state index contributed by atoms with van der Waals surface area (Å²) in [7, 11) is 0. The van der Waals surface area contributed by atoms with Crippen LogP contribution in [0.5, 0.6) is 11.5 Å². The Morgan fingerprint density at radius 1 is 0.659 bits per heavy atom. The fraction of sp³-hybridized carbons (Fsp3) is 0.243. The zero-order chi connectivity index (χ0) is 28.1. The second-order valence-corrected chi connectivity index (χ2v) is 10.9. The SMILES string of the molecule is CCCCC(CCCC)(c1ccc2c(c1)N(c1cccc(-c3ccccn3)c1)c1ccccc1O2)c1ccccn1. The molecule has 5 aromatic rings. The molecule has 1 aliphatic rings. The van der Waals surface area contributed by atoms with E-state index in [0.29, 0.717) is 0 Å². The minimum atomic E-state index is -0.166. The molecule has 0 amide bonds. The summed E-state index contributed by atoms with van der Waals surface area (Å²) >= 11 is 0. The Balaban J connectivity index is 1.53. The molecular formula is C37H37N3O. The molecule has 0 unspecified atom stereocenters. The van der Waals surface area contributed by atoms with Gasteiger partial charge in [0.05, 0.1) is 22.8 Å². The molecule has 0 spiro atoms. The van der Waals surface area contributed by atoms with Crippen LogP contribution in [-0.4, -0.2) is 9.97 Å². The molecule has 0 atom stereocenters. The standard InChI is InChI=1S/C37H37N3O/c1-3-5-22-37(23-6-4-2,36-19-10-12-25-39-36)29-20-21-35-33(27-29)40(32-17-7-8-18-34(32)41-35)30-15-13-14-28(26-30)31-16-9-11-24-38-31/h7-21,24-27H,3-6,22-23H2,1-2H3. The first-order valence-electron chi connectivity index (χ1n) is 14.9. The van der Waals surface area contributed by atoms with E-state index in [2.05, 4.69) is 96.5 Å². The van der Waals surface area contributed by atoms with Gasteiger partial charge in [-0.25, -0.2) is 0 Å². The first-order chi connectivity index (χ1) is 20.2. The molecule has 41 heavy (non-hydrogen) atoms. The summed E-state index contributed by atoms with van der Waals surface area (Å²) in [6.45, 7) is 4.55. The van der Waals surface area contributed by atoms with Crippen molar-refractivity contribution < 1.29 is 4.74 Å². The number of benzene rings is 3. The molecule has 0 fully saturated rings. The number of hydrogen-bond donors (Lipinski definition) is 0. The second kappa shape index (κ2) is 12.0. The predicted molar refractivity (Wildman–Crippen MR) is 168 cm³/mol. The number of ether oxygens (including phenoxy) is 1. The molecule has 4 heteroatoms. The predicted octanol–water partition coefficient (Wildman–Crippen LogP) is 10.4. The molecule has 6 rings (SSSR count). The number of fused-ring (bicyclic) bond motifs is 2. The van der Waals surface area contributed by atoms with E-state index in [0.717, 1.165) is 84.0 Å². The monoisotopic (exact) mass is 539 g/mol. The fourth-order valence-corrected chi connectivity index (χ4v) is 6.09. The van der Waals surface area contributed by atoms with Crippen LogP contribution in [0, 0.1) is 0 Å². The van der Waals surface area contributed by atoms with E-state index in [9.17, 15) is 0 Å². The fourth-order valence-electron chi connectivity index (χ4n) is 6.09. The van der Waals surface area contributed by atoms with Crippen LogP contribution in [0.25, 0.3) is 11.3 Å². The van der Waals surface area contributed by atoms with Gasteiger partial charge in [-0.2, -0.15) is 0 Å². The zero-order valence-corrected chi connectivity index (χ0v) is 24.0. The molecule has 0 saturated heterocycles. The van der Waals surface area contributed by atoms with Crippen LogP contribution in [0.2, 0.25) is 0 Å². The third-order valence-electron chi connectivity index (χ3n) is 8.21. The van der Waals surface area contributed by atoms with Gasteiger partial charge >= 0.3 is 0 Å². The highest BCUT2D eigenvalue weighted by molar-refractivity contribution is 5.87. The van der Waals surface area contributed by atoms with Gasteiger partial charge in [-0.1, -0.05) is 82.0 Å². The summed E-state index contributed by atoms with van der Waals surface area (Å²) in [5.41, 5.74) is 7.48. The van der Waals surface area contributed by atoms with E-state index in [4.69, 9.17) is 9.72 Å². The Kier molecular flexibility index (Phi) is 7.82. The minimum Gasteiger partial charge on any atom is -0.453 e. The number of unbranched alkanes of at least 4 members (excludes halogenated alkanes) is 2. The van der Waals surface area contributed by atoms with Gasteiger partial charge in [-0.15, -0.1) is 0 Å². The number of hydrogen-bond acceptors (Lipinski definition) is 4. The van der Waals surface area contributed by atoms with Crippen LogP contribution in [0.4, 0.5) is 17.1 Å². The molecule has 1 aliphatic heterocycles. The van der Waals surface area contributed by atoms with Crippen molar-refractivity contribution in [1.29, 1.82) is 0 Å². The first-order valence-corrected chi connectivity index (χ1v) is 14.9. The van der Waals surface area contributed by atoms with E-state index >= 15 is 0 Å². The van der Waals surface area contributed by atoms with Gasteiger partial charge in [-0.05, 0) is 79.1 Å². The van der Waals surface area contributed by atoms with Crippen LogP contribution < -0.4 is 9.64 Å². The van der Waals surface area contributed by atoms with Crippen molar-refractivity contribution >= 4 is 17.1 Å². The molecule has 0 saturated carbocycles. The number of rotatable bonds is 10. The van der Waals surface area contributed by atoms with Crippen molar-refractivity contribution in [2.24, 2.45) is 0 Å². The van der Waals surface area contributed by atoms with Crippen LogP contribution in [-0.2, 0) is 5.41 Å². The lowest BCUT2D eigenvalue weighted by atomic mass is 9.70. The van der Waals surface area contributed by atoms with E-state index in [1.165, 1.54) is 5.56 Å². The smallest absolute Gasteiger partial charge is 0.151 e. The molecule has 3 aromatic carbocycles. The van der Waals surface area contributed by atoms with Gasteiger partial charge in [0.1, 0.15) is 0 Å². The van der Waals surface area contributed by atoms with Crippen molar-refractivity contribution in [3.63, 3.8) is 0 Å². The van der Waals surface area contributed by atoms with Gasteiger partial charge in [0.15, 0.2) is 11.5 Å². The van der Waals surface area contributed by atoms with E-state index in [1.54, 1.807) is 0 Å². The topological polar surface area (TPSA) is 38.2 Å². The lowest BCUT2D eigenvalue weighted by Gasteiger charge is -2.38. The molecule has 4 nitrogen and oxygen atoms in total. The summed E-state index contributed by atoms with van der Waals surface area (Å²) in [5, 5.41) is 0. The second-order valence-electron chi connectivity index (χ2n) is 10.9. The summed E-state index contributed by atoms with van der Waals surface area (Å²) in [6, 6.07) is 36.1. The van der Waals surface area contributed by atoms with Crippen molar-refractivity contribution in [1.82, 2.24) is 9.97 Å². The highest BCUT2D eigenvalue weighted by Gasteiger charge is 2.36. The van der Waals surface area contributed by atoms with Crippen LogP contribution in [0.15, 0.2) is 116 Å².